The Hall–Kier alpha value is -8.27. The number of aromatic nitrogens is 3. The van der Waals surface area contributed by atoms with Crippen LogP contribution in [0.2, 0.25) is 0 Å². The molecule has 1 heterocycles. The van der Waals surface area contributed by atoms with E-state index in [9.17, 15) is 0 Å². The molecule has 63 heavy (non-hydrogen) atoms. The van der Waals surface area contributed by atoms with Crippen LogP contribution in [0.4, 0.5) is 0 Å². The summed E-state index contributed by atoms with van der Waals surface area (Å²) in [7, 11) is 0. The lowest BCUT2D eigenvalue weighted by Gasteiger charge is -2.32. The third kappa shape index (κ3) is 5.23. The second kappa shape index (κ2) is 13.9. The number of hydrogen-bond acceptors (Lipinski definition) is 3. The predicted octanol–water partition coefficient (Wildman–Crippen LogP) is 14.9. The molecule has 10 aromatic carbocycles. The Morgan fingerprint density at radius 2 is 0.683 bits per heavy atom. The van der Waals surface area contributed by atoms with Gasteiger partial charge in [0.25, 0.3) is 0 Å². The van der Waals surface area contributed by atoms with Crippen molar-refractivity contribution in [3.05, 3.63) is 247 Å². The Balaban J connectivity index is 1.08. The van der Waals surface area contributed by atoms with Crippen LogP contribution in [0.3, 0.4) is 0 Å². The molecule has 0 saturated carbocycles. The minimum atomic E-state index is -0.576. The lowest BCUT2D eigenvalue weighted by molar-refractivity contribution is 0.802. The van der Waals surface area contributed by atoms with Crippen molar-refractivity contribution in [1.82, 2.24) is 15.0 Å². The fraction of sp³-hybridized carbons (Fsp3) is 0.0167. The highest BCUT2D eigenvalue weighted by Gasteiger charge is 2.53. The molecule has 3 heteroatoms. The summed E-state index contributed by atoms with van der Waals surface area (Å²) in [5, 5.41) is 5.10. The zero-order chi connectivity index (χ0) is 41.5. The molecule has 0 radical (unpaired) electrons. The highest BCUT2D eigenvalue weighted by molar-refractivity contribution is 6.20. The second-order valence-corrected chi connectivity index (χ2v) is 16.6. The molecular weight excluding hydrogens is 763 g/mol. The van der Waals surface area contributed by atoms with Crippen molar-refractivity contribution < 1.29 is 0 Å². The van der Waals surface area contributed by atoms with Gasteiger partial charge in [0.1, 0.15) is 0 Å². The molecule has 2 aliphatic carbocycles. The average molecular weight is 800 g/mol. The summed E-state index contributed by atoms with van der Waals surface area (Å²) in [6.07, 6.45) is 0. The maximum atomic E-state index is 5.42. The maximum Gasteiger partial charge on any atom is 0.164 e. The van der Waals surface area contributed by atoms with Crippen molar-refractivity contribution in [2.24, 2.45) is 0 Å². The number of rotatable bonds is 5. The van der Waals surface area contributed by atoms with E-state index in [0.717, 1.165) is 38.9 Å². The topological polar surface area (TPSA) is 38.7 Å². The molecule has 1 spiro atoms. The van der Waals surface area contributed by atoms with Gasteiger partial charge in [-0.1, -0.05) is 218 Å². The summed E-state index contributed by atoms with van der Waals surface area (Å²) in [5.41, 5.74) is 17.0. The van der Waals surface area contributed by atoms with Crippen LogP contribution in [-0.2, 0) is 5.41 Å². The third-order valence-corrected chi connectivity index (χ3v) is 13.3. The Labute approximate surface area is 365 Å². The molecular formula is C60H37N3. The van der Waals surface area contributed by atoms with Crippen LogP contribution >= 0.6 is 0 Å². The molecule has 0 bridgehead atoms. The van der Waals surface area contributed by atoms with Gasteiger partial charge in [-0.3, -0.25) is 0 Å². The van der Waals surface area contributed by atoms with Gasteiger partial charge in [0.15, 0.2) is 17.5 Å². The molecule has 3 nitrogen and oxygen atoms in total. The van der Waals surface area contributed by atoms with E-state index in [2.05, 4.69) is 218 Å². The number of hydrogen-bond donors (Lipinski definition) is 0. The van der Waals surface area contributed by atoms with E-state index >= 15 is 0 Å². The van der Waals surface area contributed by atoms with Gasteiger partial charge in [-0.05, 0) is 94.4 Å². The fourth-order valence-electron chi connectivity index (χ4n) is 10.7. The molecule has 13 rings (SSSR count). The van der Waals surface area contributed by atoms with Gasteiger partial charge in [0.2, 0.25) is 0 Å². The Kier molecular flexibility index (Phi) is 7.82. The van der Waals surface area contributed by atoms with Gasteiger partial charge in [-0.25, -0.2) is 15.0 Å². The van der Waals surface area contributed by atoms with E-state index < -0.39 is 5.41 Å². The van der Waals surface area contributed by atoms with E-state index in [1.54, 1.807) is 0 Å². The second-order valence-electron chi connectivity index (χ2n) is 16.6. The van der Waals surface area contributed by atoms with Crippen LogP contribution in [0.25, 0.3) is 100 Å². The molecule has 0 N–H and O–H groups in total. The van der Waals surface area contributed by atoms with Crippen LogP contribution in [-0.4, -0.2) is 15.0 Å². The summed E-state index contributed by atoms with van der Waals surface area (Å²) in [4.78, 5) is 16.1. The Morgan fingerprint density at radius 1 is 0.254 bits per heavy atom. The summed E-state index contributed by atoms with van der Waals surface area (Å²) in [6.45, 7) is 0. The van der Waals surface area contributed by atoms with Crippen LogP contribution in [0.5, 0.6) is 0 Å². The first-order valence-electron chi connectivity index (χ1n) is 21.6. The van der Waals surface area contributed by atoms with Crippen molar-refractivity contribution in [1.29, 1.82) is 0 Å². The molecule has 1 unspecified atom stereocenters. The highest BCUT2D eigenvalue weighted by Crippen LogP contribution is 2.66. The van der Waals surface area contributed by atoms with Gasteiger partial charge in [-0.2, -0.15) is 0 Å². The first kappa shape index (κ1) is 35.5. The largest absolute Gasteiger partial charge is 0.208 e. The fourth-order valence-corrected chi connectivity index (χ4v) is 10.7. The Bertz CT molecular complexity index is 3610. The van der Waals surface area contributed by atoms with Gasteiger partial charge in [0.05, 0.1) is 5.41 Å². The molecule has 1 aromatic heterocycles. The van der Waals surface area contributed by atoms with E-state index in [4.69, 9.17) is 15.0 Å². The van der Waals surface area contributed by atoms with Gasteiger partial charge >= 0.3 is 0 Å². The molecule has 0 saturated heterocycles. The average Bonchev–Trinajstić information content (AvgIpc) is 3.85. The number of benzene rings is 10. The van der Waals surface area contributed by atoms with Crippen molar-refractivity contribution in [2.45, 2.75) is 5.41 Å². The minimum Gasteiger partial charge on any atom is -0.208 e. The zero-order valence-corrected chi connectivity index (χ0v) is 34.2. The minimum absolute atomic E-state index is 0.576. The van der Waals surface area contributed by atoms with Gasteiger partial charge in [0, 0.05) is 16.7 Å². The van der Waals surface area contributed by atoms with E-state index in [1.165, 1.54) is 66.1 Å². The van der Waals surface area contributed by atoms with E-state index in [1.807, 2.05) is 6.07 Å². The molecule has 0 aliphatic heterocycles. The smallest absolute Gasteiger partial charge is 0.164 e. The van der Waals surface area contributed by atoms with Gasteiger partial charge in [-0.15, -0.1) is 0 Å². The summed E-state index contributed by atoms with van der Waals surface area (Å²) < 4.78 is 0. The number of nitrogens with zero attached hydrogens (tertiary/aromatic N) is 3. The normalized spacial score (nSPS) is 14.4. The predicted molar refractivity (Wildman–Crippen MR) is 258 cm³/mol. The van der Waals surface area contributed by atoms with Crippen LogP contribution < -0.4 is 0 Å². The lowest BCUT2D eigenvalue weighted by Crippen LogP contribution is -2.26. The first-order chi connectivity index (χ1) is 31.3. The molecule has 292 valence electrons. The van der Waals surface area contributed by atoms with Crippen LogP contribution in [0, 0.1) is 0 Å². The SMILES string of the molecule is c1ccc(-c2ccc(-c3nc(-c4cccc(-c5ccccc5)c4)nc(-c4cccc5c4-c4ccccc4C54c5ccccc5-c5c4c4ccccc4c4ccccc54)n3)cc2)cc1. The molecule has 11 aromatic rings. The zero-order valence-electron chi connectivity index (χ0n) is 34.2. The van der Waals surface area contributed by atoms with Crippen molar-refractivity contribution >= 4 is 21.5 Å². The Morgan fingerprint density at radius 3 is 1.38 bits per heavy atom. The molecule has 0 fully saturated rings. The highest BCUT2D eigenvalue weighted by atomic mass is 15.0. The first-order valence-corrected chi connectivity index (χ1v) is 21.6. The van der Waals surface area contributed by atoms with Crippen molar-refractivity contribution in [2.75, 3.05) is 0 Å². The van der Waals surface area contributed by atoms with Crippen molar-refractivity contribution in [3.8, 4) is 78.7 Å². The molecule has 1 atom stereocenters. The van der Waals surface area contributed by atoms with E-state index in [-0.39, 0.29) is 0 Å². The van der Waals surface area contributed by atoms with E-state index in [0.29, 0.717) is 17.5 Å². The van der Waals surface area contributed by atoms with Crippen LogP contribution in [0.1, 0.15) is 22.3 Å². The van der Waals surface area contributed by atoms with Gasteiger partial charge < -0.3 is 0 Å². The molecule has 0 amide bonds. The van der Waals surface area contributed by atoms with Crippen LogP contribution in [0.15, 0.2) is 224 Å². The number of fused-ring (bicyclic) bond motifs is 15. The quantitative estimate of drug-likeness (QED) is 0.163. The maximum absolute atomic E-state index is 5.42. The summed E-state index contributed by atoms with van der Waals surface area (Å²) in [6, 6.07) is 80.9. The lowest BCUT2D eigenvalue weighted by atomic mass is 9.69. The third-order valence-electron chi connectivity index (χ3n) is 13.3. The standard InChI is InChI=1S/C60H37N3/c1-3-17-38(18-4-1)40-33-35-41(36-34-40)57-61-58(43-22-15-21-42(37-43)39-19-5-2-6-20-39)63-59(62-57)50-29-16-32-53-54(50)48-27-11-13-30-51(48)60(53)52-31-14-12-28-49(52)55-46-25-9-7-23-44(46)45-24-8-10-26-47(45)56(55)60/h1-37H. The summed E-state index contributed by atoms with van der Waals surface area (Å²) in [5.74, 6) is 1.91. The summed E-state index contributed by atoms with van der Waals surface area (Å²) >= 11 is 0. The molecule has 2 aliphatic rings. The monoisotopic (exact) mass is 799 g/mol. The van der Waals surface area contributed by atoms with Crippen molar-refractivity contribution in [3.63, 3.8) is 0 Å².